The number of carbonyl (C=O) groups is 1. The summed E-state index contributed by atoms with van der Waals surface area (Å²) in [6.07, 6.45) is 5.66. The van der Waals surface area contributed by atoms with Crippen LogP contribution < -0.4 is 10.1 Å². The fourth-order valence-corrected chi connectivity index (χ4v) is 4.05. The molecular weight excluding hydrogens is 384 g/mol. The second-order valence-electron chi connectivity index (χ2n) is 7.76. The molecule has 0 heterocycles. The molecule has 29 heavy (non-hydrogen) atoms. The predicted octanol–water partition coefficient (Wildman–Crippen LogP) is 6.23. The SMILES string of the molecule is CCC(C)Oc1ccc(NC(=O)C2(c3ccc(Cl)cc3)CCCCC2)c(C#N)c1. The van der Waals surface area contributed by atoms with Gasteiger partial charge in [-0.05, 0) is 56.0 Å². The van der Waals surface area contributed by atoms with Crippen LogP contribution in [0.5, 0.6) is 5.75 Å². The summed E-state index contributed by atoms with van der Waals surface area (Å²) in [5.41, 5.74) is 1.31. The fourth-order valence-electron chi connectivity index (χ4n) is 3.93. The van der Waals surface area contributed by atoms with Crippen molar-refractivity contribution >= 4 is 23.2 Å². The van der Waals surface area contributed by atoms with E-state index >= 15 is 0 Å². The lowest BCUT2D eigenvalue weighted by Gasteiger charge is -2.36. The van der Waals surface area contributed by atoms with Crippen molar-refractivity contribution in [1.29, 1.82) is 5.26 Å². The fraction of sp³-hybridized carbons (Fsp3) is 0.417. The van der Waals surface area contributed by atoms with Crippen molar-refractivity contribution < 1.29 is 9.53 Å². The van der Waals surface area contributed by atoms with Gasteiger partial charge < -0.3 is 10.1 Å². The van der Waals surface area contributed by atoms with Crippen molar-refractivity contribution in [2.75, 3.05) is 5.32 Å². The molecular formula is C24H27ClN2O2. The van der Waals surface area contributed by atoms with Gasteiger partial charge in [0.2, 0.25) is 5.91 Å². The van der Waals surface area contributed by atoms with E-state index < -0.39 is 5.41 Å². The Hall–Kier alpha value is -2.51. The van der Waals surface area contributed by atoms with Gasteiger partial charge in [0.05, 0.1) is 22.8 Å². The zero-order valence-corrected chi connectivity index (χ0v) is 17.8. The molecule has 2 aromatic rings. The van der Waals surface area contributed by atoms with E-state index in [9.17, 15) is 10.1 Å². The summed E-state index contributed by atoms with van der Waals surface area (Å²) < 4.78 is 5.81. The first-order valence-corrected chi connectivity index (χ1v) is 10.6. The number of nitrogens with zero attached hydrogens (tertiary/aromatic N) is 1. The topological polar surface area (TPSA) is 62.1 Å². The summed E-state index contributed by atoms with van der Waals surface area (Å²) in [5, 5.41) is 13.3. The minimum absolute atomic E-state index is 0.0633. The van der Waals surface area contributed by atoms with E-state index in [1.165, 1.54) is 0 Å². The third-order valence-electron chi connectivity index (χ3n) is 5.81. The molecule has 0 saturated heterocycles. The van der Waals surface area contributed by atoms with Crippen LogP contribution >= 0.6 is 11.6 Å². The molecule has 0 bridgehead atoms. The molecule has 4 nitrogen and oxygen atoms in total. The van der Waals surface area contributed by atoms with Gasteiger partial charge >= 0.3 is 0 Å². The Balaban J connectivity index is 1.88. The van der Waals surface area contributed by atoms with Gasteiger partial charge in [-0.1, -0.05) is 49.9 Å². The number of anilines is 1. The van der Waals surface area contributed by atoms with Crippen molar-refractivity contribution in [1.82, 2.24) is 0 Å². The van der Waals surface area contributed by atoms with Crippen molar-refractivity contribution in [3.63, 3.8) is 0 Å². The Bertz CT molecular complexity index is 896. The highest BCUT2D eigenvalue weighted by Gasteiger charge is 2.41. The quantitative estimate of drug-likeness (QED) is 0.613. The number of amides is 1. The largest absolute Gasteiger partial charge is 0.491 e. The lowest BCUT2D eigenvalue weighted by Crippen LogP contribution is -2.42. The Morgan fingerprint density at radius 1 is 1.21 bits per heavy atom. The van der Waals surface area contributed by atoms with Gasteiger partial charge in [-0.3, -0.25) is 4.79 Å². The summed E-state index contributed by atoms with van der Waals surface area (Å²) in [7, 11) is 0. The maximum atomic E-state index is 13.5. The molecule has 1 amide bonds. The van der Waals surface area contributed by atoms with Gasteiger partial charge in [0.15, 0.2) is 0 Å². The first-order chi connectivity index (χ1) is 14.0. The molecule has 1 atom stereocenters. The molecule has 1 fully saturated rings. The average molecular weight is 411 g/mol. The smallest absolute Gasteiger partial charge is 0.235 e. The van der Waals surface area contributed by atoms with Crippen molar-refractivity contribution in [2.45, 2.75) is 63.9 Å². The molecule has 0 aliphatic heterocycles. The number of rotatable bonds is 6. The first-order valence-electron chi connectivity index (χ1n) is 10.3. The molecule has 3 rings (SSSR count). The van der Waals surface area contributed by atoms with Gasteiger partial charge in [-0.15, -0.1) is 0 Å². The standard InChI is InChI=1S/C24H27ClN2O2/c1-3-17(2)29-21-11-12-22(18(15-21)16-26)27-23(28)24(13-5-4-6-14-24)19-7-9-20(25)10-8-19/h7-12,15,17H,3-6,13-14H2,1-2H3,(H,27,28). The van der Waals surface area contributed by atoms with E-state index in [0.29, 0.717) is 22.0 Å². The zero-order chi connectivity index (χ0) is 20.9. The van der Waals surface area contributed by atoms with Crippen molar-refractivity contribution in [2.24, 2.45) is 0 Å². The van der Waals surface area contributed by atoms with Gasteiger partial charge in [-0.2, -0.15) is 5.26 Å². The van der Waals surface area contributed by atoms with Crippen LogP contribution in [-0.4, -0.2) is 12.0 Å². The summed E-state index contributed by atoms with van der Waals surface area (Å²) in [4.78, 5) is 13.5. The monoisotopic (exact) mass is 410 g/mol. The van der Waals surface area contributed by atoms with E-state index in [-0.39, 0.29) is 12.0 Å². The van der Waals surface area contributed by atoms with Gasteiger partial charge in [0, 0.05) is 11.1 Å². The first kappa shape index (κ1) is 21.2. The molecule has 152 valence electrons. The summed E-state index contributed by atoms with van der Waals surface area (Å²) >= 11 is 6.06. The second kappa shape index (κ2) is 9.33. The number of nitriles is 1. The Morgan fingerprint density at radius 3 is 2.52 bits per heavy atom. The number of hydrogen-bond acceptors (Lipinski definition) is 3. The molecule has 5 heteroatoms. The molecule has 1 saturated carbocycles. The molecule has 0 radical (unpaired) electrons. The Morgan fingerprint density at radius 2 is 1.90 bits per heavy atom. The highest BCUT2D eigenvalue weighted by atomic mass is 35.5. The van der Waals surface area contributed by atoms with E-state index in [2.05, 4.69) is 11.4 Å². The maximum Gasteiger partial charge on any atom is 0.235 e. The maximum absolute atomic E-state index is 13.5. The minimum Gasteiger partial charge on any atom is -0.491 e. The normalized spacial score (nSPS) is 16.5. The van der Waals surface area contributed by atoms with Crippen LogP contribution in [-0.2, 0) is 10.2 Å². The molecule has 1 unspecified atom stereocenters. The number of nitrogens with one attached hydrogen (secondary N) is 1. The Labute approximate surface area is 177 Å². The third-order valence-corrected chi connectivity index (χ3v) is 6.06. The summed E-state index contributed by atoms with van der Waals surface area (Å²) in [6, 6.07) is 15.0. The van der Waals surface area contributed by atoms with Gasteiger partial charge in [-0.25, -0.2) is 0 Å². The summed E-state index contributed by atoms with van der Waals surface area (Å²) in [5.74, 6) is 0.575. The van der Waals surface area contributed by atoms with Gasteiger partial charge in [0.1, 0.15) is 11.8 Å². The molecule has 2 aromatic carbocycles. The highest BCUT2D eigenvalue weighted by molar-refractivity contribution is 6.30. The number of carbonyl (C=O) groups excluding carboxylic acids is 1. The number of benzene rings is 2. The minimum atomic E-state index is -0.596. The van der Waals surface area contributed by atoms with Crippen LogP contribution in [0.3, 0.4) is 0 Å². The van der Waals surface area contributed by atoms with Crippen molar-refractivity contribution in [3.8, 4) is 11.8 Å². The molecule has 0 aromatic heterocycles. The molecule has 1 aliphatic carbocycles. The highest BCUT2D eigenvalue weighted by Crippen LogP contribution is 2.41. The average Bonchev–Trinajstić information content (AvgIpc) is 2.75. The van der Waals surface area contributed by atoms with E-state index in [4.69, 9.17) is 16.3 Å². The molecule has 1 N–H and O–H groups in total. The Kier molecular flexibility index (Phi) is 6.82. The number of halogens is 1. The van der Waals surface area contributed by atoms with E-state index in [0.717, 1.165) is 44.1 Å². The van der Waals surface area contributed by atoms with Crippen LogP contribution in [0, 0.1) is 11.3 Å². The second-order valence-corrected chi connectivity index (χ2v) is 8.20. The van der Waals surface area contributed by atoms with Crippen LogP contribution in [0.25, 0.3) is 0 Å². The number of ether oxygens (including phenoxy) is 1. The van der Waals surface area contributed by atoms with Crippen molar-refractivity contribution in [3.05, 3.63) is 58.6 Å². The molecule has 1 aliphatic rings. The van der Waals surface area contributed by atoms with Gasteiger partial charge in [0.25, 0.3) is 0 Å². The number of hydrogen-bond donors (Lipinski definition) is 1. The third kappa shape index (κ3) is 4.74. The predicted molar refractivity (Wildman–Crippen MR) is 116 cm³/mol. The summed E-state index contributed by atoms with van der Waals surface area (Å²) in [6.45, 7) is 4.03. The van der Waals surface area contributed by atoms with E-state index in [1.54, 1.807) is 18.2 Å². The van der Waals surface area contributed by atoms with Crippen LogP contribution in [0.2, 0.25) is 5.02 Å². The lowest BCUT2D eigenvalue weighted by atomic mass is 9.68. The van der Waals surface area contributed by atoms with Crippen LogP contribution in [0.15, 0.2) is 42.5 Å². The molecule has 0 spiro atoms. The zero-order valence-electron chi connectivity index (χ0n) is 17.0. The van der Waals surface area contributed by atoms with Crippen LogP contribution in [0.4, 0.5) is 5.69 Å². The lowest BCUT2D eigenvalue weighted by molar-refractivity contribution is -0.122. The van der Waals surface area contributed by atoms with E-state index in [1.807, 2.05) is 38.1 Å². The van der Waals surface area contributed by atoms with Crippen LogP contribution in [0.1, 0.15) is 63.5 Å².